The zero-order valence-corrected chi connectivity index (χ0v) is 11.9. The smallest absolute Gasteiger partial charge is 0.165 e. The van der Waals surface area contributed by atoms with Crippen LogP contribution in [0.4, 0.5) is 0 Å². The third-order valence-electron chi connectivity index (χ3n) is 2.64. The van der Waals surface area contributed by atoms with Gasteiger partial charge in [-0.25, -0.2) is 0 Å². The first kappa shape index (κ1) is 14.2. The monoisotopic (exact) mass is 300 g/mol. The van der Waals surface area contributed by atoms with Crippen molar-refractivity contribution >= 4 is 21.7 Å². The molecule has 0 aliphatic rings. The molecule has 4 heteroatoms. The lowest BCUT2D eigenvalue weighted by Gasteiger charge is -2.11. The number of hydrogen-bond donors (Lipinski definition) is 0. The van der Waals surface area contributed by atoms with E-state index in [0.717, 1.165) is 16.6 Å². The van der Waals surface area contributed by atoms with Crippen molar-refractivity contribution in [2.75, 3.05) is 20.8 Å². The van der Waals surface area contributed by atoms with Gasteiger partial charge in [-0.3, -0.25) is 4.79 Å². The molecule has 3 nitrogen and oxygen atoms in total. The Kier molecular flexibility index (Phi) is 5.65. The van der Waals surface area contributed by atoms with Gasteiger partial charge >= 0.3 is 0 Å². The maximum Gasteiger partial charge on any atom is 0.165 e. The molecule has 0 saturated heterocycles. The number of methoxy groups -OCH3 is 2. The Hall–Kier alpha value is -0.870. The van der Waals surface area contributed by atoms with Crippen LogP contribution in [0.3, 0.4) is 0 Å². The third kappa shape index (κ3) is 3.82. The van der Waals surface area contributed by atoms with Crippen molar-refractivity contribution in [2.45, 2.75) is 13.3 Å². The molecule has 1 aromatic carbocycles. The van der Waals surface area contributed by atoms with E-state index >= 15 is 0 Å². The summed E-state index contributed by atoms with van der Waals surface area (Å²) in [6.07, 6.45) is 0.735. The number of benzene rings is 1. The molecule has 0 aromatic heterocycles. The Morgan fingerprint density at radius 1 is 1.41 bits per heavy atom. The lowest BCUT2D eigenvalue weighted by Crippen LogP contribution is -2.13. The van der Waals surface area contributed by atoms with Gasteiger partial charge in [-0.05, 0) is 40.5 Å². The summed E-state index contributed by atoms with van der Waals surface area (Å²) in [6, 6.07) is 5.38. The van der Waals surface area contributed by atoms with Gasteiger partial charge in [0.1, 0.15) is 5.75 Å². The summed E-state index contributed by atoms with van der Waals surface area (Å²) < 4.78 is 10.9. The minimum Gasteiger partial charge on any atom is -0.496 e. The Balaban J connectivity index is 2.78. The molecule has 1 atom stereocenters. The average molecular weight is 301 g/mol. The quantitative estimate of drug-likeness (QED) is 0.756. The summed E-state index contributed by atoms with van der Waals surface area (Å²) in [5, 5.41) is 0. The summed E-state index contributed by atoms with van der Waals surface area (Å²) in [7, 11) is 3.24. The summed E-state index contributed by atoms with van der Waals surface area (Å²) >= 11 is 3.38. The summed E-state index contributed by atoms with van der Waals surface area (Å²) in [6.45, 7) is 2.52. The highest BCUT2D eigenvalue weighted by Gasteiger charge is 2.16. The standard InChI is InChI=1S/C13H17BrO3/c1-9(6-7-16-2)13(15)10-4-5-12(17-3)11(14)8-10/h4-5,8-9H,6-7H2,1-3H3. The molecule has 17 heavy (non-hydrogen) atoms. The molecule has 0 radical (unpaired) electrons. The lowest BCUT2D eigenvalue weighted by atomic mass is 9.97. The van der Waals surface area contributed by atoms with E-state index in [1.165, 1.54) is 0 Å². The maximum atomic E-state index is 12.1. The van der Waals surface area contributed by atoms with Crippen molar-refractivity contribution in [1.29, 1.82) is 0 Å². The van der Waals surface area contributed by atoms with E-state index in [9.17, 15) is 4.79 Å². The molecule has 0 aliphatic carbocycles. The Labute approximate surface area is 110 Å². The molecule has 0 aliphatic heterocycles. The van der Waals surface area contributed by atoms with Crippen LogP contribution in [-0.2, 0) is 4.74 Å². The largest absolute Gasteiger partial charge is 0.496 e. The van der Waals surface area contributed by atoms with Crippen molar-refractivity contribution < 1.29 is 14.3 Å². The second kappa shape index (κ2) is 6.77. The minimum atomic E-state index is -0.0322. The first-order chi connectivity index (χ1) is 8.10. The molecule has 1 aromatic rings. The number of ketones is 1. The van der Waals surface area contributed by atoms with Gasteiger partial charge in [0.25, 0.3) is 0 Å². The Morgan fingerprint density at radius 2 is 2.12 bits per heavy atom. The molecule has 0 fully saturated rings. The fourth-order valence-corrected chi connectivity index (χ4v) is 2.07. The van der Waals surface area contributed by atoms with Gasteiger partial charge in [0, 0.05) is 25.2 Å². The number of halogens is 1. The summed E-state index contributed by atoms with van der Waals surface area (Å²) in [5.74, 6) is 0.826. The van der Waals surface area contributed by atoms with E-state index in [2.05, 4.69) is 15.9 Å². The fraction of sp³-hybridized carbons (Fsp3) is 0.462. The van der Waals surface area contributed by atoms with Gasteiger partial charge in [0.15, 0.2) is 5.78 Å². The van der Waals surface area contributed by atoms with Crippen LogP contribution in [0, 0.1) is 5.92 Å². The van der Waals surface area contributed by atoms with E-state index in [4.69, 9.17) is 9.47 Å². The normalized spacial score (nSPS) is 12.2. The number of hydrogen-bond acceptors (Lipinski definition) is 3. The number of ether oxygens (including phenoxy) is 2. The van der Waals surface area contributed by atoms with Crippen LogP contribution in [0.5, 0.6) is 5.75 Å². The van der Waals surface area contributed by atoms with Gasteiger partial charge in [0.2, 0.25) is 0 Å². The highest BCUT2D eigenvalue weighted by molar-refractivity contribution is 9.10. The number of Topliss-reactive ketones (excluding diaryl/α,β-unsaturated/α-hetero) is 1. The number of carbonyl (C=O) groups excluding carboxylic acids is 1. The van der Waals surface area contributed by atoms with E-state index in [1.807, 2.05) is 6.92 Å². The maximum absolute atomic E-state index is 12.1. The predicted molar refractivity (Wildman–Crippen MR) is 70.7 cm³/mol. The first-order valence-corrected chi connectivity index (χ1v) is 6.26. The molecule has 0 amide bonds. The molecular weight excluding hydrogens is 284 g/mol. The van der Waals surface area contributed by atoms with Crippen molar-refractivity contribution in [3.8, 4) is 5.75 Å². The Bertz CT molecular complexity index is 390. The van der Waals surface area contributed by atoms with Gasteiger partial charge in [-0.15, -0.1) is 0 Å². The van der Waals surface area contributed by atoms with Crippen LogP contribution in [-0.4, -0.2) is 26.6 Å². The summed E-state index contributed by atoms with van der Waals surface area (Å²) in [5.41, 5.74) is 0.696. The highest BCUT2D eigenvalue weighted by atomic mass is 79.9. The molecule has 0 spiro atoms. The van der Waals surface area contributed by atoms with Gasteiger partial charge in [-0.2, -0.15) is 0 Å². The second-order valence-corrected chi connectivity index (χ2v) is 4.75. The number of rotatable bonds is 6. The van der Waals surface area contributed by atoms with Crippen LogP contribution < -0.4 is 4.74 Å². The van der Waals surface area contributed by atoms with E-state index in [1.54, 1.807) is 32.4 Å². The molecule has 1 rings (SSSR count). The molecular formula is C13H17BrO3. The number of carbonyl (C=O) groups is 1. The van der Waals surface area contributed by atoms with E-state index in [0.29, 0.717) is 12.2 Å². The molecule has 0 N–H and O–H groups in total. The molecule has 1 unspecified atom stereocenters. The topological polar surface area (TPSA) is 35.5 Å². The van der Waals surface area contributed by atoms with Crippen LogP contribution in [0.25, 0.3) is 0 Å². The predicted octanol–water partition coefficient (Wildman–Crippen LogP) is 3.31. The van der Waals surface area contributed by atoms with Gasteiger partial charge in [0.05, 0.1) is 11.6 Å². The van der Waals surface area contributed by atoms with Gasteiger partial charge < -0.3 is 9.47 Å². The fourth-order valence-electron chi connectivity index (χ4n) is 1.53. The van der Waals surface area contributed by atoms with E-state index in [-0.39, 0.29) is 11.7 Å². The molecule has 0 bridgehead atoms. The van der Waals surface area contributed by atoms with Crippen molar-refractivity contribution in [1.82, 2.24) is 0 Å². The highest BCUT2D eigenvalue weighted by Crippen LogP contribution is 2.26. The SMILES string of the molecule is COCCC(C)C(=O)c1ccc(OC)c(Br)c1. The van der Waals surface area contributed by atoms with Crippen molar-refractivity contribution in [2.24, 2.45) is 5.92 Å². The minimum absolute atomic E-state index is 0.0322. The zero-order valence-electron chi connectivity index (χ0n) is 10.3. The zero-order chi connectivity index (χ0) is 12.8. The summed E-state index contributed by atoms with van der Waals surface area (Å²) in [4.78, 5) is 12.1. The van der Waals surface area contributed by atoms with Crippen LogP contribution in [0.2, 0.25) is 0 Å². The first-order valence-electron chi connectivity index (χ1n) is 5.46. The average Bonchev–Trinajstić information content (AvgIpc) is 2.34. The Morgan fingerprint density at radius 3 is 2.65 bits per heavy atom. The molecule has 0 saturated carbocycles. The van der Waals surface area contributed by atoms with E-state index < -0.39 is 0 Å². The van der Waals surface area contributed by atoms with Gasteiger partial charge in [-0.1, -0.05) is 6.92 Å². The third-order valence-corrected chi connectivity index (χ3v) is 3.26. The lowest BCUT2D eigenvalue weighted by molar-refractivity contribution is 0.0893. The van der Waals surface area contributed by atoms with Crippen LogP contribution >= 0.6 is 15.9 Å². The van der Waals surface area contributed by atoms with Crippen molar-refractivity contribution in [3.63, 3.8) is 0 Å². The van der Waals surface area contributed by atoms with Crippen LogP contribution in [0.1, 0.15) is 23.7 Å². The van der Waals surface area contributed by atoms with Crippen LogP contribution in [0.15, 0.2) is 22.7 Å². The molecule has 0 heterocycles. The second-order valence-electron chi connectivity index (χ2n) is 3.90. The molecule has 94 valence electrons. The van der Waals surface area contributed by atoms with Crippen molar-refractivity contribution in [3.05, 3.63) is 28.2 Å².